The van der Waals surface area contributed by atoms with Crippen molar-refractivity contribution >= 4 is 21.6 Å². The fourth-order valence-corrected chi connectivity index (χ4v) is 6.18. The largest absolute Gasteiger partial charge is 0.391 e. The van der Waals surface area contributed by atoms with Crippen LogP contribution in [0.15, 0.2) is 41.4 Å². The summed E-state index contributed by atoms with van der Waals surface area (Å²) in [6.45, 7) is -0.812. The normalized spacial score (nSPS) is 21.8. The van der Waals surface area contributed by atoms with Crippen LogP contribution in [0.3, 0.4) is 0 Å². The summed E-state index contributed by atoms with van der Waals surface area (Å²) in [5.41, 5.74) is 0.232. The second kappa shape index (κ2) is 10.5. The van der Waals surface area contributed by atoms with Gasteiger partial charge in [-0.05, 0) is 43.2 Å². The highest BCUT2D eigenvalue weighted by molar-refractivity contribution is 7.89. The Hall–Kier alpha value is -2.87. The van der Waals surface area contributed by atoms with Gasteiger partial charge in [-0.3, -0.25) is 9.78 Å². The molecule has 14 heteroatoms. The number of carbonyl (C=O) groups is 1. The maximum absolute atomic E-state index is 14.4. The summed E-state index contributed by atoms with van der Waals surface area (Å²) in [5, 5.41) is 2.48. The molecule has 0 radical (unpaired) electrons. The molecule has 3 heterocycles. The quantitative estimate of drug-likeness (QED) is 0.557. The fraction of sp³-hybridized carbons (Fsp3) is 0.478. The van der Waals surface area contributed by atoms with Crippen molar-refractivity contribution in [1.82, 2.24) is 14.6 Å². The summed E-state index contributed by atoms with van der Waals surface area (Å²) in [7, 11) is -4.29. The summed E-state index contributed by atoms with van der Waals surface area (Å²) < 4.78 is 107. The van der Waals surface area contributed by atoms with Gasteiger partial charge in [0.25, 0.3) is 0 Å². The van der Waals surface area contributed by atoms with Gasteiger partial charge in [-0.15, -0.1) is 0 Å². The Bertz CT molecular complexity index is 1230. The maximum atomic E-state index is 14.4. The Morgan fingerprint density at radius 2 is 1.76 bits per heavy atom. The molecule has 0 bridgehead atoms. The van der Waals surface area contributed by atoms with E-state index in [4.69, 9.17) is 0 Å². The van der Waals surface area contributed by atoms with Crippen molar-refractivity contribution in [2.45, 2.75) is 49.1 Å². The number of benzene rings is 1. The molecule has 2 saturated heterocycles. The van der Waals surface area contributed by atoms with Crippen molar-refractivity contribution in [3.05, 3.63) is 53.9 Å². The Balaban J connectivity index is 1.43. The van der Waals surface area contributed by atoms with E-state index in [2.05, 4.69) is 10.3 Å². The average molecular weight is 551 g/mol. The molecular weight excluding hydrogens is 526 g/mol. The van der Waals surface area contributed by atoms with Gasteiger partial charge < -0.3 is 10.2 Å². The number of nitrogens with zero attached hydrogens (tertiary/aromatic N) is 3. The molecule has 2 aliphatic rings. The Kier molecular flexibility index (Phi) is 7.70. The van der Waals surface area contributed by atoms with E-state index in [0.717, 1.165) is 30.5 Å². The van der Waals surface area contributed by atoms with Crippen LogP contribution in [0, 0.1) is 17.6 Å². The molecule has 1 amide bonds. The van der Waals surface area contributed by atoms with E-state index in [9.17, 15) is 39.6 Å². The summed E-state index contributed by atoms with van der Waals surface area (Å²) >= 11 is 0. The Labute approximate surface area is 209 Å². The van der Waals surface area contributed by atoms with Crippen LogP contribution in [0.5, 0.6) is 0 Å². The maximum Gasteiger partial charge on any atom is 0.391 e. The lowest BCUT2D eigenvalue weighted by atomic mass is 9.96. The zero-order valence-electron chi connectivity index (χ0n) is 19.4. The minimum atomic E-state index is -4.31. The van der Waals surface area contributed by atoms with E-state index in [1.54, 1.807) is 0 Å². The molecule has 202 valence electrons. The van der Waals surface area contributed by atoms with Gasteiger partial charge in [0, 0.05) is 26.1 Å². The number of anilines is 1. The van der Waals surface area contributed by atoms with Crippen LogP contribution in [0.2, 0.25) is 0 Å². The average Bonchev–Trinajstić information content (AvgIpc) is 3.26. The molecule has 1 N–H and O–H groups in total. The van der Waals surface area contributed by atoms with Crippen molar-refractivity contribution in [3.8, 4) is 0 Å². The van der Waals surface area contributed by atoms with Crippen molar-refractivity contribution in [3.63, 3.8) is 0 Å². The molecule has 37 heavy (non-hydrogen) atoms. The smallest absolute Gasteiger partial charge is 0.369 e. The highest BCUT2D eigenvalue weighted by Crippen LogP contribution is 2.36. The number of aromatic nitrogens is 1. The topological polar surface area (TPSA) is 82.6 Å². The zero-order chi connectivity index (χ0) is 27.0. The summed E-state index contributed by atoms with van der Waals surface area (Å²) in [6, 6.07) is 3.86. The van der Waals surface area contributed by atoms with Crippen LogP contribution in [0.25, 0.3) is 0 Å². The predicted molar refractivity (Wildman–Crippen MR) is 121 cm³/mol. The van der Waals surface area contributed by atoms with Gasteiger partial charge in [0.1, 0.15) is 18.0 Å². The molecule has 4 rings (SSSR count). The lowest BCUT2D eigenvalue weighted by Crippen LogP contribution is -2.45. The molecule has 2 unspecified atom stereocenters. The number of rotatable bonds is 6. The molecule has 2 atom stereocenters. The number of amides is 1. The first-order valence-electron chi connectivity index (χ1n) is 11.5. The molecule has 2 aromatic rings. The van der Waals surface area contributed by atoms with Crippen LogP contribution < -0.4 is 10.2 Å². The lowest BCUT2D eigenvalue weighted by molar-refractivity contribution is -0.179. The Morgan fingerprint density at radius 3 is 2.38 bits per heavy atom. The number of halogens is 6. The van der Waals surface area contributed by atoms with Crippen LogP contribution >= 0.6 is 0 Å². The monoisotopic (exact) mass is 550 g/mol. The van der Waals surface area contributed by atoms with Crippen LogP contribution in [0.1, 0.15) is 25.0 Å². The number of sulfonamides is 1. The summed E-state index contributed by atoms with van der Waals surface area (Å²) in [6.07, 6.45) is -5.76. The number of nitrogens with one attached hydrogen (secondary N) is 1. The van der Waals surface area contributed by atoms with Gasteiger partial charge in [-0.25, -0.2) is 21.6 Å². The number of carbonyl (C=O) groups excluding carboxylic acids is 1. The molecule has 1 aromatic carbocycles. The SMILES string of the molecule is O=C(NCc1cc(N2CCC(C(F)(F)F)CC2)c(F)cn1)C1CC(F)CN1S(=O)(=O)c1ccc(F)cc1. The molecule has 2 aliphatic heterocycles. The number of piperidine rings is 1. The minimum Gasteiger partial charge on any atom is -0.369 e. The molecule has 7 nitrogen and oxygen atoms in total. The van der Waals surface area contributed by atoms with Gasteiger partial charge in [0.15, 0.2) is 5.82 Å². The number of hydrogen-bond donors (Lipinski definition) is 1. The van der Waals surface area contributed by atoms with Gasteiger partial charge in [-0.2, -0.15) is 17.5 Å². The highest BCUT2D eigenvalue weighted by Gasteiger charge is 2.44. The van der Waals surface area contributed by atoms with Crippen molar-refractivity contribution in [1.29, 1.82) is 0 Å². The number of hydrogen-bond acceptors (Lipinski definition) is 5. The van der Waals surface area contributed by atoms with Crippen molar-refractivity contribution < 1.29 is 39.6 Å². The second-order valence-electron chi connectivity index (χ2n) is 9.03. The molecule has 0 saturated carbocycles. The van der Waals surface area contributed by atoms with E-state index in [1.807, 2.05) is 0 Å². The minimum absolute atomic E-state index is 0.00687. The molecule has 2 fully saturated rings. The molecular formula is C23H24F6N4O3S. The second-order valence-corrected chi connectivity index (χ2v) is 10.9. The number of alkyl halides is 4. The van der Waals surface area contributed by atoms with E-state index >= 15 is 0 Å². The third-order valence-electron chi connectivity index (χ3n) is 6.56. The first-order chi connectivity index (χ1) is 17.4. The van der Waals surface area contributed by atoms with E-state index < -0.39 is 58.4 Å². The first-order valence-corrected chi connectivity index (χ1v) is 13.0. The van der Waals surface area contributed by atoms with Crippen LogP contribution in [-0.4, -0.2) is 61.6 Å². The summed E-state index contributed by atoms with van der Waals surface area (Å²) in [4.78, 5) is 17.9. The first kappa shape index (κ1) is 27.2. The molecule has 0 spiro atoms. The van der Waals surface area contributed by atoms with Crippen LogP contribution in [0.4, 0.5) is 32.0 Å². The predicted octanol–water partition coefficient (Wildman–Crippen LogP) is 3.56. The highest BCUT2D eigenvalue weighted by atomic mass is 32.2. The molecule has 0 aliphatic carbocycles. The third-order valence-corrected chi connectivity index (χ3v) is 8.45. The standard InChI is InChI=1S/C23H24F6N4O3S/c24-15-1-3-18(4-2-15)37(35,36)33-13-16(25)9-21(33)22(34)31-11-17-10-20(19(26)12-30-17)32-7-5-14(6-8-32)23(27,28)29/h1-4,10,12,14,16,21H,5-9,11,13H2,(H,31,34). The van der Waals surface area contributed by atoms with Gasteiger partial charge in [0.2, 0.25) is 15.9 Å². The van der Waals surface area contributed by atoms with Crippen LogP contribution in [-0.2, 0) is 21.4 Å². The van der Waals surface area contributed by atoms with Crippen molar-refractivity contribution in [2.75, 3.05) is 24.5 Å². The van der Waals surface area contributed by atoms with E-state index in [0.29, 0.717) is 4.31 Å². The fourth-order valence-electron chi connectivity index (χ4n) is 4.55. The van der Waals surface area contributed by atoms with Crippen molar-refractivity contribution in [2.24, 2.45) is 5.92 Å². The number of pyridine rings is 1. The van der Waals surface area contributed by atoms with Gasteiger partial charge in [0.05, 0.1) is 34.9 Å². The van der Waals surface area contributed by atoms with E-state index in [1.165, 1.54) is 11.0 Å². The third kappa shape index (κ3) is 6.00. The molecule has 1 aromatic heterocycles. The van der Waals surface area contributed by atoms with E-state index in [-0.39, 0.29) is 55.2 Å². The lowest BCUT2D eigenvalue weighted by Gasteiger charge is -2.34. The Morgan fingerprint density at radius 1 is 1.11 bits per heavy atom. The van der Waals surface area contributed by atoms with Gasteiger partial charge >= 0.3 is 6.18 Å². The van der Waals surface area contributed by atoms with Gasteiger partial charge in [-0.1, -0.05) is 0 Å². The zero-order valence-corrected chi connectivity index (χ0v) is 20.2. The summed E-state index contributed by atoms with van der Waals surface area (Å²) in [5.74, 6) is -3.64.